The minimum Gasteiger partial charge on any atom is -0.343 e. The molecule has 0 fully saturated rings. The molecule has 3 heterocycles. The summed E-state index contributed by atoms with van der Waals surface area (Å²) in [5, 5.41) is 5.53. The van der Waals surface area contributed by atoms with Gasteiger partial charge in [-0.15, -0.1) is 0 Å². The maximum atomic E-state index is 13.2. The minimum absolute atomic E-state index is 0.103. The second-order valence-corrected chi connectivity index (χ2v) is 8.18. The third-order valence-corrected chi connectivity index (χ3v) is 6.40. The molecular weight excluding hydrogens is 386 g/mol. The fourth-order valence-corrected chi connectivity index (χ4v) is 4.81. The number of unbranched alkanes of at least 4 members (excludes halogenated alkanes) is 1. The predicted molar refractivity (Wildman–Crippen MR) is 115 cm³/mol. The van der Waals surface area contributed by atoms with Crippen molar-refractivity contribution in [3.8, 4) is 5.69 Å². The summed E-state index contributed by atoms with van der Waals surface area (Å²) in [4.78, 5) is 32.6. The Morgan fingerprint density at radius 1 is 1.28 bits per heavy atom. The molecule has 1 aromatic carbocycles. The monoisotopic (exact) mass is 411 g/mol. The number of nitrogens with zero attached hydrogens (tertiary/aromatic N) is 5. The number of para-hydroxylation sites is 1. The maximum Gasteiger partial charge on any atom is 0.265 e. The third-order valence-electron chi connectivity index (χ3n) is 5.30. The highest BCUT2D eigenvalue weighted by molar-refractivity contribution is 7.99. The molecule has 0 radical (unpaired) electrons. The van der Waals surface area contributed by atoms with E-state index in [0.29, 0.717) is 34.9 Å². The molecule has 7 nitrogen and oxygen atoms in total. The molecule has 29 heavy (non-hydrogen) atoms. The third kappa shape index (κ3) is 3.69. The Bertz CT molecular complexity index is 1080. The number of thioether (sulfide) groups is 1. The number of hydrogen-bond donors (Lipinski definition) is 0. The number of amides is 1. The molecule has 4 rings (SSSR count). The van der Waals surface area contributed by atoms with Crippen LogP contribution < -0.4 is 5.56 Å². The average Bonchev–Trinajstić information content (AvgIpc) is 3.34. The molecule has 1 aliphatic heterocycles. The van der Waals surface area contributed by atoms with Gasteiger partial charge in [-0.2, -0.15) is 5.10 Å². The SMILES string of the molecule is CCCCN(CC)C(=O)CC1CSc2nc3c(cnn3-c3ccccc3)c(=O)n21. The Balaban J connectivity index is 1.65. The minimum atomic E-state index is -0.164. The van der Waals surface area contributed by atoms with Gasteiger partial charge in [-0.1, -0.05) is 43.3 Å². The second kappa shape index (κ2) is 8.41. The molecule has 1 amide bonds. The predicted octanol–water partition coefficient (Wildman–Crippen LogP) is 3.27. The largest absolute Gasteiger partial charge is 0.343 e. The molecule has 8 heteroatoms. The van der Waals surface area contributed by atoms with Crippen molar-refractivity contribution in [3.63, 3.8) is 0 Å². The summed E-state index contributed by atoms with van der Waals surface area (Å²) in [5.41, 5.74) is 1.31. The first-order valence-corrected chi connectivity index (χ1v) is 11.1. The molecule has 0 aliphatic carbocycles. The molecule has 1 aliphatic rings. The number of carbonyl (C=O) groups excluding carboxylic acids is 1. The van der Waals surface area contributed by atoms with E-state index in [9.17, 15) is 9.59 Å². The lowest BCUT2D eigenvalue weighted by atomic mass is 10.2. The normalized spacial score (nSPS) is 15.6. The molecule has 1 atom stereocenters. The standard InChI is InChI=1S/C21H25N5O2S/c1-3-5-11-24(4-2)18(27)12-16-14-29-21-23-19-17(20(28)25(16)21)13-22-26(19)15-9-7-6-8-10-15/h6-10,13,16H,3-5,11-12,14H2,1-2H3. The van der Waals surface area contributed by atoms with Gasteiger partial charge in [0.15, 0.2) is 10.8 Å². The van der Waals surface area contributed by atoms with Crippen LogP contribution in [0.2, 0.25) is 0 Å². The van der Waals surface area contributed by atoms with Gasteiger partial charge < -0.3 is 4.90 Å². The summed E-state index contributed by atoms with van der Waals surface area (Å²) in [6, 6.07) is 9.50. The van der Waals surface area contributed by atoms with E-state index in [-0.39, 0.29) is 17.5 Å². The first kappa shape index (κ1) is 19.7. The highest BCUT2D eigenvalue weighted by Crippen LogP contribution is 2.33. The molecule has 0 bridgehead atoms. The lowest BCUT2D eigenvalue weighted by molar-refractivity contribution is -0.131. The number of rotatable bonds is 7. The zero-order valence-corrected chi connectivity index (χ0v) is 17.6. The van der Waals surface area contributed by atoms with Crippen LogP contribution in [0.3, 0.4) is 0 Å². The number of aromatic nitrogens is 4. The van der Waals surface area contributed by atoms with Crippen molar-refractivity contribution < 1.29 is 4.79 Å². The first-order valence-electron chi connectivity index (χ1n) is 10.1. The van der Waals surface area contributed by atoms with Crippen LogP contribution >= 0.6 is 11.8 Å². The van der Waals surface area contributed by atoms with Crippen LogP contribution in [0.4, 0.5) is 0 Å². The number of carbonyl (C=O) groups is 1. The van der Waals surface area contributed by atoms with Crippen LogP contribution in [-0.2, 0) is 4.79 Å². The zero-order chi connectivity index (χ0) is 20.4. The summed E-state index contributed by atoms with van der Waals surface area (Å²) in [7, 11) is 0. The van der Waals surface area contributed by atoms with Gasteiger partial charge in [0.2, 0.25) is 5.91 Å². The summed E-state index contributed by atoms with van der Waals surface area (Å²) < 4.78 is 3.38. The fourth-order valence-electron chi connectivity index (χ4n) is 3.68. The van der Waals surface area contributed by atoms with Crippen LogP contribution in [0, 0.1) is 0 Å². The molecule has 0 saturated carbocycles. The topological polar surface area (TPSA) is 73.0 Å². The summed E-state index contributed by atoms with van der Waals surface area (Å²) in [6.45, 7) is 5.59. The van der Waals surface area contributed by atoms with Crippen molar-refractivity contribution in [1.29, 1.82) is 0 Å². The summed E-state index contributed by atoms with van der Waals surface area (Å²) in [5.74, 6) is 0.788. The molecular formula is C21H25N5O2S. The molecule has 152 valence electrons. The van der Waals surface area contributed by atoms with Crippen molar-refractivity contribution >= 4 is 28.7 Å². The van der Waals surface area contributed by atoms with Gasteiger partial charge in [-0.3, -0.25) is 14.2 Å². The van der Waals surface area contributed by atoms with Gasteiger partial charge in [0.25, 0.3) is 5.56 Å². The Morgan fingerprint density at radius 2 is 2.07 bits per heavy atom. The van der Waals surface area contributed by atoms with Gasteiger partial charge in [-0.25, -0.2) is 9.67 Å². The summed E-state index contributed by atoms with van der Waals surface area (Å²) >= 11 is 1.53. The number of hydrogen-bond acceptors (Lipinski definition) is 5. The fraction of sp³-hybridized carbons (Fsp3) is 0.429. The van der Waals surface area contributed by atoms with Gasteiger partial charge in [0.1, 0.15) is 5.39 Å². The quantitative estimate of drug-likeness (QED) is 0.558. The van der Waals surface area contributed by atoms with E-state index in [1.165, 1.54) is 11.8 Å². The van der Waals surface area contributed by atoms with Gasteiger partial charge in [-0.05, 0) is 25.5 Å². The van der Waals surface area contributed by atoms with Crippen LogP contribution in [-0.4, -0.2) is 49.0 Å². The zero-order valence-electron chi connectivity index (χ0n) is 16.7. The Morgan fingerprint density at radius 3 is 2.79 bits per heavy atom. The Kier molecular flexibility index (Phi) is 5.71. The van der Waals surface area contributed by atoms with E-state index in [2.05, 4.69) is 12.0 Å². The Labute approximate surface area is 173 Å². The second-order valence-electron chi connectivity index (χ2n) is 7.19. The van der Waals surface area contributed by atoms with Crippen molar-refractivity contribution in [2.75, 3.05) is 18.8 Å². The van der Waals surface area contributed by atoms with Crippen LogP contribution in [0.25, 0.3) is 16.7 Å². The van der Waals surface area contributed by atoms with Gasteiger partial charge in [0.05, 0.1) is 17.9 Å². The lowest BCUT2D eigenvalue weighted by Gasteiger charge is -2.23. The molecule has 0 spiro atoms. The van der Waals surface area contributed by atoms with Crippen molar-refractivity contribution in [3.05, 3.63) is 46.9 Å². The van der Waals surface area contributed by atoms with E-state index >= 15 is 0 Å². The van der Waals surface area contributed by atoms with Crippen LogP contribution in [0.1, 0.15) is 39.2 Å². The van der Waals surface area contributed by atoms with Gasteiger partial charge >= 0.3 is 0 Å². The van der Waals surface area contributed by atoms with Crippen molar-refractivity contribution in [2.24, 2.45) is 0 Å². The first-order chi connectivity index (χ1) is 14.1. The van der Waals surface area contributed by atoms with E-state index in [4.69, 9.17) is 4.98 Å². The van der Waals surface area contributed by atoms with E-state index < -0.39 is 0 Å². The lowest BCUT2D eigenvalue weighted by Crippen LogP contribution is -2.35. The molecule has 2 aromatic heterocycles. The summed E-state index contributed by atoms with van der Waals surface area (Å²) in [6.07, 6.45) is 3.96. The van der Waals surface area contributed by atoms with Gasteiger partial charge in [0, 0.05) is 25.3 Å². The average molecular weight is 412 g/mol. The highest BCUT2D eigenvalue weighted by atomic mass is 32.2. The van der Waals surface area contributed by atoms with E-state index in [0.717, 1.165) is 25.1 Å². The van der Waals surface area contributed by atoms with E-state index in [1.807, 2.05) is 42.2 Å². The van der Waals surface area contributed by atoms with Crippen molar-refractivity contribution in [1.82, 2.24) is 24.2 Å². The molecule has 1 unspecified atom stereocenters. The molecule has 0 N–H and O–H groups in total. The highest BCUT2D eigenvalue weighted by Gasteiger charge is 2.30. The molecule has 0 saturated heterocycles. The van der Waals surface area contributed by atoms with Crippen molar-refractivity contribution in [2.45, 2.75) is 44.3 Å². The number of fused-ring (bicyclic) bond motifs is 2. The van der Waals surface area contributed by atoms with Crippen LogP contribution in [0.5, 0.6) is 0 Å². The smallest absolute Gasteiger partial charge is 0.265 e. The Hall–Kier alpha value is -2.61. The van der Waals surface area contributed by atoms with E-state index in [1.54, 1.807) is 15.4 Å². The maximum absolute atomic E-state index is 13.2. The van der Waals surface area contributed by atoms with Crippen LogP contribution in [0.15, 0.2) is 46.5 Å². The molecule has 3 aromatic rings. The number of benzene rings is 1.